The molecule has 0 aromatic heterocycles. The second-order valence-corrected chi connectivity index (χ2v) is 4.83. The van der Waals surface area contributed by atoms with Gasteiger partial charge in [0.15, 0.2) is 0 Å². The van der Waals surface area contributed by atoms with Crippen molar-refractivity contribution in [3.63, 3.8) is 0 Å². The number of nitrogen functional groups attached to an aromatic ring is 1. The quantitative estimate of drug-likeness (QED) is 0.667. The van der Waals surface area contributed by atoms with Gasteiger partial charge in [0.25, 0.3) is 0 Å². The summed E-state index contributed by atoms with van der Waals surface area (Å²) < 4.78 is 18.6. The van der Waals surface area contributed by atoms with E-state index >= 15 is 0 Å². The lowest BCUT2D eigenvalue weighted by Crippen LogP contribution is -2.10. The van der Waals surface area contributed by atoms with Gasteiger partial charge in [-0.15, -0.1) is 0 Å². The zero-order valence-electron chi connectivity index (χ0n) is 10.9. The van der Waals surface area contributed by atoms with Gasteiger partial charge in [0.05, 0.1) is 5.02 Å². The molecule has 20 heavy (non-hydrogen) atoms. The van der Waals surface area contributed by atoms with Crippen molar-refractivity contribution in [2.24, 2.45) is 5.73 Å². The average Bonchev–Trinajstić information content (AvgIpc) is 2.38. The Morgan fingerprint density at radius 3 is 2.65 bits per heavy atom. The van der Waals surface area contributed by atoms with Crippen molar-refractivity contribution < 1.29 is 9.13 Å². The van der Waals surface area contributed by atoms with Crippen molar-refractivity contribution in [3.05, 3.63) is 63.9 Å². The molecule has 3 N–H and O–H groups in total. The third kappa shape index (κ3) is 3.27. The van der Waals surface area contributed by atoms with E-state index in [0.717, 1.165) is 11.1 Å². The molecule has 0 spiro atoms. The van der Waals surface area contributed by atoms with Crippen molar-refractivity contribution in [1.82, 2.24) is 0 Å². The minimum atomic E-state index is -0.268. The van der Waals surface area contributed by atoms with Crippen LogP contribution in [0.2, 0.25) is 5.02 Å². The Balaban J connectivity index is 2.13. The summed E-state index contributed by atoms with van der Waals surface area (Å²) >= 11 is 6.07. The Labute approximate surface area is 121 Å². The standard InChI is InChI=1S/C15H14ClFN2O/c1-9-6-12(17)4-2-11(9)8-20-14-5-3-10(15(18)19)7-13(14)16/h2-7H,8H2,1H3,(H3,18,19). The summed E-state index contributed by atoms with van der Waals surface area (Å²) in [5.41, 5.74) is 7.63. The molecule has 0 aliphatic heterocycles. The summed E-state index contributed by atoms with van der Waals surface area (Å²) in [6.07, 6.45) is 0. The molecule has 2 aromatic rings. The van der Waals surface area contributed by atoms with E-state index in [4.69, 9.17) is 27.5 Å². The van der Waals surface area contributed by atoms with E-state index in [-0.39, 0.29) is 11.7 Å². The van der Waals surface area contributed by atoms with Crippen LogP contribution in [0.15, 0.2) is 36.4 Å². The highest BCUT2D eigenvalue weighted by Gasteiger charge is 2.06. The van der Waals surface area contributed by atoms with Crippen LogP contribution in [0.25, 0.3) is 0 Å². The molecular weight excluding hydrogens is 279 g/mol. The molecular formula is C15H14ClFN2O. The summed E-state index contributed by atoms with van der Waals surface area (Å²) in [4.78, 5) is 0. The molecule has 0 unspecified atom stereocenters. The molecule has 0 fully saturated rings. The second-order valence-electron chi connectivity index (χ2n) is 4.42. The van der Waals surface area contributed by atoms with E-state index in [2.05, 4.69) is 0 Å². The van der Waals surface area contributed by atoms with Crippen molar-refractivity contribution in [3.8, 4) is 5.75 Å². The first-order chi connectivity index (χ1) is 9.47. The van der Waals surface area contributed by atoms with Crippen LogP contribution in [0, 0.1) is 18.2 Å². The van der Waals surface area contributed by atoms with Gasteiger partial charge in [0, 0.05) is 5.56 Å². The molecule has 2 rings (SSSR count). The van der Waals surface area contributed by atoms with Crippen molar-refractivity contribution in [2.45, 2.75) is 13.5 Å². The number of amidine groups is 1. The number of hydrogen-bond donors (Lipinski definition) is 2. The monoisotopic (exact) mass is 292 g/mol. The Hall–Kier alpha value is -2.07. The summed E-state index contributed by atoms with van der Waals surface area (Å²) in [7, 11) is 0. The molecule has 3 nitrogen and oxygen atoms in total. The Kier molecular flexibility index (Phi) is 4.25. The summed E-state index contributed by atoms with van der Waals surface area (Å²) in [6.45, 7) is 2.12. The fraction of sp³-hybridized carbons (Fsp3) is 0.133. The first kappa shape index (κ1) is 14.3. The van der Waals surface area contributed by atoms with Crippen LogP contribution < -0.4 is 10.5 Å². The zero-order chi connectivity index (χ0) is 14.7. The van der Waals surface area contributed by atoms with Crippen LogP contribution in [-0.2, 0) is 6.61 Å². The third-order valence-electron chi connectivity index (χ3n) is 2.93. The van der Waals surface area contributed by atoms with Gasteiger partial charge in [0.1, 0.15) is 24.0 Å². The molecule has 0 heterocycles. The second kappa shape index (κ2) is 5.92. The largest absolute Gasteiger partial charge is 0.487 e. The van der Waals surface area contributed by atoms with Gasteiger partial charge in [-0.2, -0.15) is 0 Å². The minimum Gasteiger partial charge on any atom is -0.487 e. The van der Waals surface area contributed by atoms with Gasteiger partial charge >= 0.3 is 0 Å². The third-order valence-corrected chi connectivity index (χ3v) is 3.23. The fourth-order valence-electron chi connectivity index (χ4n) is 1.76. The Bertz CT molecular complexity index is 658. The molecule has 104 valence electrons. The van der Waals surface area contributed by atoms with E-state index in [1.807, 2.05) is 6.92 Å². The highest BCUT2D eigenvalue weighted by Crippen LogP contribution is 2.26. The van der Waals surface area contributed by atoms with Crippen LogP contribution in [-0.4, -0.2) is 5.84 Å². The highest BCUT2D eigenvalue weighted by molar-refractivity contribution is 6.32. The number of nitrogens with one attached hydrogen (secondary N) is 1. The average molecular weight is 293 g/mol. The SMILES string of the molecule is Cc1cc(F)ccc1COc1ccc(C(=N)N)cc1Cl. The number of aryl methyl sites for hydroxylation is 1. The van der Waals surface area contributed by atoms with Crippen LogP contribution in [0.5, 0.6) is 5.75 Å². The van der Waals surface area contributed by atoms with Crippen LogP contribution in [0.3, 0.4) is 0 Å². The maximum Gasteiger partial charge on any atom is 0.138 e. The number of nitrogens with two attached hydrogens (primary N) is 1. The van der Waals surface area contributed by atoms with Gasteiger partial charge in [0.2, 0.25) is 0 Å². The van der Waals surface area contributed by atoms with Gasteiger partial charge in [-0.05, 0) is 48.4 Å². The van der Waals surface area contributed by atoms with Crippen molar-refractivity contribution in [1.29, 1.82) is 5.41 Å². The lowest BCUT2D eigenvalue weighted by Gasteiger charge is -2.11. The van der Waals surface area contributed by atoms with Crippen molar-refractivity contribution >= 4 is 17.4 Å². The van der Waals surface area contributed by atoms with Crippen LogP contribution in [0.1, 0.15) is 16.7 Å². The van der Waals surface area contributed by atoms with E-state index < -0.39 is 0 Å². The number of benzene rings is 2. The van der Waals surface area contributed by atoms with E-state index in [1.54, 1.807) is 24.3 Å². The molecule has 0 atom stereocenters. The van der Waals surface area contributed by atoms with Gasteiger partial charge < -0.3 is 10.5 Å². The van der Waals surface area contributed by atoms with Crippen molar-refractivity contribution in [2.75, 3.05) is 0 Å². The first-order valence-electron chi connectivity index (χ1n) is 5.99. The van der Waals surface area contributed by atoms with E-state index in [1.165, 1.54) is 12.1 Å². The number of ether oxygens (including phenoxy) is 1. The zero-order valence-corrected chi connectivity index (χ0v) is 11.7. The smallest absolute Gasteiger partial charge is 0.138 e. The van der Waals surface area contributed by atoms with E-state index in [9.17, 15) is 4.39 Å². The Morgan fingerprint density at radius 1 is 1.30 bits per heavy atom. The number of halogens is 2. The number of hydrogen-bond acceptors (Lipinski definition) is 2. The molecule has 0 bridgehead atoms. The lowest BCUT2D eigenvalue weighted by atomic mass is 10.1. The lowest BCUT2D eigenvalue weighted by molar-refractivity contribution is 0.305. The highest BCUT2D eigenvalue weighted by atomic mass is 35.5. The predicted molar refractivity (Wildman–Crippen MR) is 77.9 cm³/mol. The van der Waals surface area contributed by atoms with Crippen LogP contribution >= 0.6 is 11.6 Å². The fourth-order valence-corrected chi connectivity index (χ4v) is 2.00. The van der Waals surface area contributed by atoms with Gasteiger partial charge in [-0.3, -0.25) is 5.41 Å². The van der Waals surface area contributed by atoms with Crippen LogP contribution in [0.4, 0.5) is 4.39 Å². The normalized spacial score (nSPS) is 10.3. The number of rotatable bonds is 4. The topological polar surface area (TPSA) is 59.1 Å². The molecule has 0 aliphatic rings. The molecule has 0 amide bonds. The maximum atomic E-state index is 13.0. The van der Waals surface area contributed by atoms with Gasteiger partial charge in [-0.25, -0.2) is 4.39 Å². The molecule has 2 aromatic carbocycles. The summed E-state index contributed by atoms with van der Waals surface area (Å²) in [6, 6.07) is 9.45. The van der Waals surface area contributed by atoms with E-state index in [0.29, 0.717) is 22.9 Å². The molecule has 0 radical (unpaired) electrons. The Morgan fingerprint density at radius 2 is 2.05 bits per heavy atom. The minimum absolute atomic E-state index is 0.0483. The first-order valence-corrected chi connectivity index (χ1v) is 6.37. The summed E-state index contributed by atoms with van der Waals surface area (Å²) in [5.74, 6) is 0.184. The molecule has 0 saturated carbocycles. The maximum absolute atomic E-state index is 13.0. The molecule has 5 heteroatoms. The molecule has 0 aliphatic carbocycles. The summed E-state index contributed by atoms with van der Waals surface area (Å²) in [5, 5.41) is 7.72. The predicted octanol–water partition coefficient (Wildman–Crippen LogP) is 3.65. The molecule has 0 saturated heterocycles. The van der Waals surface area contributed by atoms with Gasteiger partial charge in [-0.1, -0.05) is 17.7 Å².